The van der Waals surface area contributed by atoms with Gasteiger partial charge in [0.1, 0.15) is 11.9 Å². The zero-order chi connectivity index (χ0) is 20.7. The van der Waals surface area contributed by atoms with Crippen molar-refractivity contribution in [3.8, 4) is 0 Å². The van der Waals surface area contributed by atoms with Crippen molar-refractivity contribution in [2.75, 3.05) is 6.54 Å². The topological polar surface area (TPSA) is 114 Å². The summed E-state index contributed by atoms with van der Waals surface area (Å²) in [6.45, 7) is 1.86. The second-order valence-electron chi connectivity index (χ2n) is 6.61. The molecule has 3 N–H and O–H groups in total. The van der Waals surface area contributed by atoms with E-state index in [1.54, 1.807) is 12.1 Å². The molecule has 0 spiro atoms. The summed E-state index contributed by atoms with van der Waals surface area (Å²) in [5.74, 6) is -3.26. The van der Waals surface area contributed by atoms with Gasteiger partial charge in [-0.3, -0.25) is 18.7 Å². The summed E-state index contributed by atoms with van der Waals surface area (Å²) in [4.78, 5) is 35.2. The summed E-state index contributed by atoms with van der Waals surface area (Å²) in [5, 5.41) is 21.3. The third kappa shape index (κ3) is 5.78. The first-order chi connectivity index (χ1) is 13.3. The molecule has 152 valence electrons. The fraction of sp³-hybridized carbons (Fsp3) is 0.421. The fourth-order valence-electron chi connectivity index (χ4n) is 2.92. The van der Waals surface area contributed by atoms with Crippen molar-refractivity contribution in [1.29, 1.82) is 0 Å². The maximum absolute atomic E-state index is 13.3. The largest absolute Gasteiger partial charge is 0.481 e. The minimum atomic E-state index is -1.18. The van der Waals surface area contributed by atoms with Crippen molar-refractivity contribution in [3.63, 3.8) is 0 Å². The van der Waals surface area contributed by atoms with E-state index in [2.05, 4.69) is 5.32 Å². The van der Waals surface area contributed by atoms with Crippen molar-refractivity contribution in [2.24, 2.45) is 5.92 Å². The number of carboxylic acid groups (broad SMARTS) is 2. The molecule has 2 atom stereocenters. The highest BCUT2D eigenvalue weighted by Gasteiger charge is 2.23. The number of aromatic nitrogens is 2. The zero-order valence-corrected chi connectivity index (χ0v) is 15.5. The number of nitrogens with zero attached hydrogens (tertiary/aromatic N) is 2. The van der Waals surface area contributed by atoms with Crippen LogP contribution in [-0.4, -0.2) is 43.9 Å². The van der Waals surface area contributed by atoms with Gasteiger partial charge in [-0.05, 0) is 24.1 Å². The van der Waals surface area contributed by atoms with Crippen molar-refractivity contribution in [2.45, 2.75) is 38.9 Å². The minimum absolute atomic E-state index is 0.00110. The fourth-order valence-corrected chi connectivity index (χ4v) is 2.92. The maximum atomic E-state index is 13.3. The molecule has 28 heavy (non-hydrogen) atoms. The lowest BCUT2D eigenvalue weighted by molar-refractivity contribution is -0.143. The van der Waals surface area contributed by atoms with Crippen LogP contribution < -0.4 is 11.0 Å². The van der Waals surface area contributed by atoms with Gasteiger partial charge >= 0.3 is 17.6 Å². The molecule has 0 aliphatic heterocycles. The molecule has 0 amide bonds. The van der Waals surface area contributed by atoms with E-state index in [1.165, 1.54) is 33.7 Å². The molecule has 0 radical (unpaired) electrons. The molecule has 0 fully saturated rings. The molecule has 0 aliphatic rings. The normalized spacial score (nSPS) is 13.2. The van der Waals surface area contributed by atoms with Gasteiger partial charge in [-0.2, -0.15) is 0 Å². The predicted molar refractivity (Wildman–Crippen MR) is 99.7 cm³/mol. The van der Waals surface area contributed by atoms with Gasteiger partial charge in [0, 0.05) is 18.9 Å². The van der Waals surface area contributed by atoms with E-state index in [1.807, 2.05) is 6.92 Å². The van der Waals surface area contributed by atoms with Crippen LogP contribution in [0.15, 0.2) is 41.5 Å². The molecule has 0 saturated carbocycles. The lowest BCUT2D eigenvalue weighted by atomic mass is 10.0. The number of benzene rings is 1. The molecular weight excluding hydrogens is 369 g/mol. The molecule has 2 unspecified atom stereocenters. The smallest absolute Gasteiger partial charge is 0.328 e. The molecule has 2 rings (SSSR count). The molecule has 0 saturated heterocycles. The minimum Gasteiger partial charge on any atom is -0.481 e. The SMILES string of the molecule is CCCC(CNC(Cn1ccn(Cc2cccc(F)c2)c1=O)C(=O)O)C(=O)O. The van der Waals surface area contributed by atoms with E-state index in [-0.39, 0.29) is 19.6 Å². The monoisotopic (exact) mass is 393 g/mol. The van der Waals surface area contributed by atoms with E-state index in [0.29, 0.717) is 18.4 Å². The van der Waals surface area contributed by atoms with Crippen LogP contribution in [0.5, 0.6) is 0 Å². The van der Waals surface area contributed by atoms with E-state index in [4.69, 9.17) is 0 Å². The van der Waals surface area contributed by atoms with Crippen LogP contribution in [0.2, 0.25) is 0 Å². The second-order valence-corrected chi connectivity index (χ2v) is 6.61. The second kappa shape index (κ2) is 9.84. The molecule has 1 aromatic carbocycles. The molecule has 0 aliphatic carbocycles. The quantitative estimate of drug-likeness (QED) is 0.532. The lowest BCUT2D eigenvalue weighted by Crippen LogP contribution is -2.45. The number of rotatable bonds is 11. The molecule has 8 nitrogen and oxygen atoms in total. The van der Waals surface area contributed by atoms with E-state index < -0.39 is 35.4 Å². The molecular formula is C19H24FN3O5. The number of halogens is 1. The Balaban J connectivity index is 2.07. The van der Waals surface area contributed by atoms with Crippen LogP contribution in [0.1, 0.15) is 25.3 Å². The van der Waals surface area contributed by atoms with Crippen LogP contribution in [0.25, 0.3) is 0 Å². The average molecular weight is 393 g/mol. The number of hydrogen-bond donors (Lipinski definition) is 3. The standard InChI is InChI=1S/C19H24FN3O5/c1-2-4-14(17(24)25)10-21-16(18(26)27)12-23-8-7-22(19(23)28)11-13-5-3-6-15(20)9-13/h3,5-9,14,16,21H,2,4,10-12H2,1H3,(H,24,25)(H,26,27). The number of carboxylic acids is 2. The van der Waals surface area contributed by atoms with E-state index >= 15 is 0 Å². The van der Waals surface area contributed by atoms with Gasteiger partial charge in [0.15, 0.2) is 0 Å². The first-order valence-corrected chi connectivity index (χ1v) is 9.00. The van der Waals surface area contributed by atoms with Gasteiger partial charge in [-0.25, -0.2) is 9.18 Å². The van der Waals surface area contributed by atoms with Crippen LogP contribution >= 0.6 is 0 Å². The van der Waals surface area contributed by atoms with Crippen molar-refractivity contribution in [3.05, 3.63) is 58.5 Å². The lowest BCUT2D eigenvalue weighted by Gasteiger charge is -2.18. The molecule has 0 bridgehead atoms. The number of imidazole rings is 1. The van der Waals surface area contributed by atoms with Crippen LogP contribution in [0, 0.1) is 11.7 Å². The Morgan fingerprint density at radius 1 is 1.18 bits per heavy atom. The van der Waals surface area contributed by atoms with Gasteiger partial charge in [-0.15, -0.1) is 0 Å². The van der Waals surface area contributed by atoms with E-state index in [9.17, 15) is 29.0 Å². The number of hydrogen-bond acceptors (Lipinski definition) is 4. The highest BCUT2D eigenvalue weighted by atomic mass is 19.1. The first-order valence-electron chi connectivity index (χ1n) is 9.00. The highest BCUT2D eigenvalue weighted by Crippen LogP contribution is 2.07. The summed E-state index contributed by atoms with van der Waals surface area (Å²) in [5.41, 5.74) is 0.178. The summed E-state index contributed by atoms with van der Waals surface area (Å²) in [6, 6.07) is 4.76. The van der Waals surface area contributed by atoms with Gasteiger partial charge in [-0.1, -0.05) is 25.5 Å². The van der Waals surface area contributed by atoms with Crippen LogP contribution in [0.3, 0.4) is 0 Å². The van der Waals surface area contributed by atoms with Crippen LogP contribution in [-0.2, 0) is 22.7 Å². The van der Waals surface area contributed by atoms with Gasteiger partial charge in [0.25, 0.3) is 0 Å². The number of carbonyl (C=O) groups is 2. The Morgan fingerprint density at radius 3 is 2.50 bits per heavy atom. The molecule has 2 aromatic rings. The summed E-state index contributed by atoms with van der Waals surface area (Å²) in [6.07, 6.45) is 4.06. The Hall–Kier alpha value is -2.94. The van der Waals surface area contributed by atoms with Gasteiger partial charge in [0.05, 0.1) is 19.0 Å². The average Bonchev–Trinajstić information content (AvgIpc) is 2.96. The summed E-state index contributed by atoms with van der Waals surface area (Å²) < 4.78 is 15.9. The third-order valence-electron chi connectivity index (χ3n) is 4.43. The summed E-state index contributed by atoms with van der Waals surface area (Å²) in [7, 11) is 0. The number of nitrogens with one attached hydrogen (secondary N) is 1. The number of aliphatic carboxylic acids is 2. The summed E-state index contributed by atoms with van der Waals surface area (Å²) >= 11 is 0. The molecule has 1 heterocycles. The first kappa shape index (κ1) is 21.4. The predicted octanol–water partition coefficient (Wildman–Crippen LogP) is 1.38. The Kier molecular flexibility index (Phi) is 7.51. The highest BCUT2D eigenvalue weighted by molar-refractivity contribution is 5.74. The Morgan fingerprint density at radius 2 is 1.89 bits per heavy atom. The third-order valence-corrected chi connectivity index (χ3v) is 4.43. The zero-order valence-electron chi connectivity index (χ0n) is 15.5. The van der Waals surface area contributed by atoms with Crippen molar-refractivity contribution < 1.29 is 24.2 Å². The maximum Gasteiger partial charge on any atom is 0.328 e. The van der Waals surface area contributed by atoms with Crippen LogP contribution in [0.4, 0.5) is 4.39 Å². The van der Waals surface area contributed by atoms with E-state index in [0.717, 1.165) is 0 Å². The van der Waals surface area contributed by atoms with Crippen molar-refractivity contribution in [1.82, 2.24) is 14.5 Å². The Bertz CT molecular complexity index is 876. The molecule has 9 heteroatoms. The molecule has 1 aromatic heterocycles. The van der Waals surface area contributed by atoms with Crippen molar-refractivity contribution >= 4 is 11.9 Å². The van der Waals surface area contributed by atoms with Gasteiger partial charge in [0.2, 0.25) is 0 Å². The Labute approximate surface area is 161 Å². The van der Waals surface area contributed by atoms with Gasteiger partial charge < -0.3 is 15.5 Å².